The topological polar surface area (TPSA) is 116 Å². The number of benzene rings is 1. The number of hydrogen-bond acceptors (Lipinski definition) is 8. The maximum atomic E-state index is 13.0. The Balaban J connectivity index is 1.65. The summed E-state index contributed by atoms with van der Waals surface area (Å²) in [6, 6.07) is 10.1. The Bertz CT molecular complexity index is 1350. The lowest BCUT2D eigenvalue weighted by Crippen LogP contribution is -2.30. The van der Waals surface area contributed by atoms with Gasteiger partial charge in [0.15, 0.2) is 0 Å². The molecule has 0 saturated carbocycles. The molecule has 0 aliphatic rings. The number of methoxy groups -OCH3 is 1. The molecule has 0 bridgehead atoms. The van der Waals surface area contributed by atoms with Crippen molar-refractivity contribution >= 4 is 39.3 Å². The predicted octanol–water partition coefficient (Wildman–Crippen LogP) is 2.65. The number of nitrogens with zero attached hydrogens (tertiary/aromatic N) is 4. The van der Waals surface area contributed by atoms with Gasteiger partial charge in [0.2, 0.25) is 5.91 Å². The van der Waals surface area contributed by atoms with Crippen LogP contribution in [0.3, 0.4) is 0 Å². The molecule has 0 saturated heterocycles. The zero-order chi connectivity index (χ0) is 22.0. The fraction of sp³-hybridized carbons (Fsp3) is 0.143. The van der Waals surface area contributed by atoms with Crippen LogP contribution < -0.4 is 10.9 Å². The van der Waals surface area contributed by atoms with Crippen molar-refractivity contribution in [3.63, 3.8) is 0 Å². The van der Waals surface area contributed by atoms with Crippen LogP contribution in [-0.2, 0) is 16.1 Å². The van der Waals surface area contributed by atoms with E-state index in [2.05, 4.69) is 19.7 Å². The molecular weight excluding hydrogens is 418 g/mol. The van der Waals surface area contributed by atoms with Gasteiger partial charge in [-0.2, -0.15) is 4.37 Å². The summed E-state index contributed by atoms with van der Waals surface area (Å²) < 4.78 is 10.8. The minimum absolute atomic E-state index is 0.223. The Labute approximate surface area is 180 Å². The number of carbonyl (C=O) groups is 2. The third kappa shape index (κ3) is 3.92. The number of ether oxygens (including phenoxy) is 1. The zero-order valence-electron chi connectivity index (χ0n) is 16.7. The molecule has 0 aliphatic carbocycles. The van der Waals surface area contributed by atoms with Crippen molar-refractivity contribution in [2.45, 2.75) is 13.5 Å². The van der Waals surface area contributed by atoms with Crippen LogP contribution in [0.5, 0.6) is 0 Å². The lowest BCUT2D eigenvalue weighted by molar-refractivity contribution is -0.116. The van der Waals surface area contributed by atoms with Crippen LogP contribution in [0.1, 0.15) is 16.2 Å². The minimum Gasteiger partial charge on any atom is -0.465 e. The molecule has 0 unspecified atom stereocenters. The van der Waals surface area contributed by atoms with Gasteiger partial charge in [-0.05, 0) is 42.7 Å². The smallest absolute Gasteiger partial charge is 0.339 e. The second kappa shape index (κ2) is 8.44. The molecule has 3 heterocycles. The van der Waals surface area contributed by atoms with E-state index in [1.807, 2.05) is 0 Å². The second-order valence-electron chi connectivity index (χ2n) is 6.58. The number of para-hydroxylation sites is 1. The van der Waals surface area contributed by atoms with E-state index in [1.54, 1.807) is 55.7 Å². The Morgan fingerprint density at radius 1 is 1.16 bits per heavy atom. The van der Waals surface area contributed by atoms with Crippen LogP contribution in [0.15, 0.2) is 53.6 Å². The number of amides is 1. The molecule has 0 radical (unpaired) electrons. The highest BCUT2D eigenvalue weighted by Gasteiger charge is 2.19. The van der Waals surface area contributed by atoms with Crippen molar-refractivity contribution in [2.75, 3.05) is 12.4 Å². The van der Waals surface area contributed by atoms with Gasteiger partial charge in [-0.1, -0.05) is 12.1 Å². The average molecular weight is 435 g/mol. The molecule has 1 aromatic carbocycles. The molecule has 10 heteroatoms. The third-order valence-corrected chi connectivity index (χ3v) is 5.46. The van der Waals surface area contributed by atoms with E-state index in [0.29, 0.717) is 27.4 Å². The summed E-state index contributed by atoms with van der Waals surface area (Å²) >= 11 is 1.04. The summed E-state index contributed by atoms with van der Waals surface area (Å²) in [4.78, 5) is 46.1. The number of rotatable bonds is 5. The second-order valence-corrected chi connectivity index (χ2v) is 7.35. The normalized spacial score (nSPS) is 10.8. The van der Waals surface area contributed by atoms with E-state index >= 15 is 0 Å². The molecule has 31 heavy (non-hydrogen) atoms. The zero-order valence-corrected chi connectivity index (χ0v) is 17.5. The van der Waals surface area contributed by atoms with Crippen molar-refractivity contribution in [3.8, 4) is 11.3 Å². The number of hydrogen-bond donors (Lipinski definition) is 1. The monoisotopic (exact) mass is 435 g/mol. The molecule has 9 nitrogen and oxygen atoms in total. The van der Waals surface area contributed by atoms with Crippen molar-refractivity contribution < 1.29 is 14.3 Å². The fourth-order valence-electron chi connectivity index (χ4n) is 3.12. The van der Waals surface area contributed by atoms with E-state index < -0.39 is 11.9 Å². The number of anilines is 1. The fourth-order valence-corrected chi connectivity index (χ4v) is 3.91. The summed E-state index contributed by atoms with van der Waals surface area (Å²) in [5, 5.41) is 2.66. The number of nitrogens with one attached hydrogen (secondary N) is 1. The molecule has 0 aliphatic heterocycles. The van der Waals surface area contributed by atoms with Crippen LogP contribution in [0, 0.1) is 6.92 Å². The van der Waals surface area contributed by atoms with Crippen molar-refractivity contribution in [3.05, 3.63) is 70.5 Å². The number of aryl methyl sites for hydroxylation is 1. The van der Waals surface area contributed by atoms with Crippen molar-refractivity contribution in [1.82, 2.24) is 18.9 Å². The van der Waals surface area contributed by atoms with Gasteiger partial charge in [0.05, 0.1) is 18.4 Å². The van der Waals surface area contributed by atoms with Crippen LogP contribution in [0.4, 0.5) is 5.69 Å². The molecule has 0 fully saturated rings. The summed E-state index contributed by atoms with van der Waals surface area (Å²) in [5.41, 5.74) is 2.08. The summed E-state index contributed by atoms with van der Waals surface area (Å²) in [7, 11) is 1.26. The highest BCUT2D eigenvalue weighted by molar-refractivity contribution is 7.13. The summed E-state index contributed by atoms with van der Waals surface area (Å²) in [5.74, 6) is -0.661. The largest absolute Gasteiger partial charge is 0.465 e. The number of aromatic nitrogens is 4. The molecule has 4 rings (SSSR count). The lowest BCUT2D eigenvalue weighted by Gasteiger charge is -2.12. The van der Waals surface area contributed by atoms with Crippen LogP contribution in [-0.4, -0.2) is 37.9 Å². The molecule has 0 atom stereocenters. The molecule has 156 valence electrons. The number of esters is 1. The first-order chi connectivity index (χ1) is 15.0. The highest BCUT2D eigenvalue weighted by Crippen LogP contribution is 2.27. The van der Waals surface area contributed by atoms with Gasteiger partial charge < -0.3 is 10.1 Å². The van der Waals surface area contributed by atoms with Gasteiger partial charge in [0.25, 0.3) is 5.56 Å². The van der Waals surface area contributed by atoms with Crippen molar-refractivity contribution in [2.24, 2.45) is 0 Å². The number of carbonyl (C=O) groups excluding carboxylic acids is 2. The van der Waals surface area contributed by atoms with Crippen molar-refractivity contribution in [1.29, 1.82) is 0 Å². The third-order valence-electron chi connectivity index (χ3n) is 4.63. The van der Waals surface area contributed by atoms with Crippen LogP contribution in [0.25, 0.3) is 21.5 Å². The Morgan fingerprint density at radius 2 is 1.90 bits per heavy atom. The standard InChI is InChI=1S/C21H17N5O4S/c1-12-23-18-17(13-7-9-22-10-8-13)25-31-19(18)20(28)26(12)11-16(27)24-15-6-4-3-5-14(15)21(29)30-2/h3-10H,11H2,1-2H3,(H,24,27). The van der Waals surface area contributed by atoms with E-state index in [4.69, 9.17) is 4.74 Å². The summed E-state index contributed by atoms with van der Waals surface area (Å²) in [6.07, 6.45) is 3.29. The van der Waals surface area contributed by atoms with Crippen LogP contribution >= 0.6 is 11.5 Å². The van der Waals surface area contributed by atoms with E-state index in [0.717, 1.165) is 17.1 Å². The molecular formula is C21H17N5O4S. The number of fused-ring (bicyclic) bond motifs is 1. The van der Waals surface area contributed by atoms with Crippen LogP contribution in [0.2, 0.25) is 0 Å². The molecule has 0 spiro atoms. The van der Waals surface area contributed by atoms with Gasteiger partial charge >= 0.3 is 5.97 Å². The Hall–Kier alpha value is -3.92. The first kappa shape index (κ1) is 20.4. The van der Waals surface area contributed by atoms with E-state index in [9.17, 15) is 14.4 Å². The first-order valence-electron chi connectivity index (χ1n) is 9.24. The lowest BCUT2D eigenvalue weighted by atomic mass is 10.2. The predicted molar refractivity (Wildman–Crippen MR) is 116 cm³/mol. The molecule has 1 amide bonds. The minimum atomic E-state index is -0.569. The average Bonchev–Trinajstić information content (AvgIpc) is 3.21. The highest BCUT2D eigenvalue weighted by atomic mass is 32.1. The molecule has 4 aromatic rings. The Kier molecular flexibility index (Phi) is 5.54. The van der Waals surface area contributed by atoms with Gasteiger partial charge in [-0.3, -0.25) is 19.1 Å². The van der Waals surface area contributed by atoms with Gasteiger partial charge in [0.1, 0.15) is 28.3 Å². The summed E-state index contributed by atoms with van der Waals surface area (Å²) in [6.45, 7) is 1.40. The van der Waals surface area contributed by atoms with Gasteiger partial charge in [-0.15, -0.1) is 0 Å². The first-order valence-corrected chi connectivity index (χ1v) is 10.0. The maximum absolute atomic E-state index is 13.0. The van der Waals surface area contributed by atoms with Gasteiger partial charge in [0, 0.05) is 18.0 Å². The number of pyridine rings is 1. The molecule has 1 N–H and O–H groups in total. The SMILES string of the molecule is COC(=O)c1ccccc1NC(=O)Cn1c(C)nc2c(-c3ccncc3)nsc2c1=O. The maximum Gasteiger partial charge on any atom is 0.339 e. The molecule has 3 aromatic heterocycles. The van der Waals surface area contributed by atoms with E-state index in [-0.39, 0.29) is 17.7 Å². The Morgan fingerprint density at radius 3 is 2.65 bits per heavy atom. The quantitative estimate of drug-likeness (QED) is 0.479. The van der Waals surface area contributed by atoms with Gasteiger partial charge in [-0.25, -0.2) is 9.78 Å². The van der Waals surface area contributed by atoms with E-state index in [1.165, 1.54) is 11.7 Å².